The molecule has 1 heterocycles. The molecule has 1 aliphatic rings. The summed E-state index contributed by atoms with van der Waals surface area (Å²) in [6, 6.07) is 4.99. The van der Waals surface area contributed by atoms with Gasteiger partial charge in [-0.05, 0) is 24.1 Å². The van der Waals surface area contributed by atoms with Gasteiger partial charge in [-0.3, -0.25) is 0 Å². The first-order chi connectivity index (χ1) is 7.25. The predicted octanol–water partition coefficient (Wildman–Crippen LogP) is 2.73. The van der Waals surface area contributed by atoms with E-state index < -0.39 is 0 Å². The maximum absolute atomic E-state index is 12.9. The molecule has 1 atom stereocenters. The molecule has 15 heavy (non-hydrogen) atoms. The maximum atomic E-state index is 12.9. The third-order valence-electron chi connectivity index (χ3n) is 2.45. The highest BCUT2D eigenvalue weighted by molar-refractivity contribution is 8.00. The summed E-state index contributed by atoms with van der Waals surface area (Å²) < 4.78 is 12.9. The van der Waals surface area contributed by atoms with Gasteiger partial charge in [0.2, 0.25) is 0 Å². The Balaban J connectivity index is 2.00. The highest BCUT2D eigenvalue weighted by Gasteiger charge is 2.14. The zero-order chi connectivity index (χ0) is 10.7. The molecule has 0 saturated carbocycles. The van der Waals surface area contributed by atoms with Crippen molar-refractivity contribution in [1.29, 1.82) is 0 Å². The average molecular weight is 246 g/mol. The number of hydrogen-bond acceptors (Lipinski definition) is 2. The Morgan fingerprint density at radius 3 is 3.07 bits per heavy atom. The summed E-state index contributed by atoms with van der Waals surface area (Å²) >= 11 is 7.70. The van der Waals surface area contributed by atoms with Gasteiger partial charge in [0, 0.05) is 24.1 Å². The largest absolute Gasteiger partial charge is 0.315 e. The molecule has 1 aromatic rings. The fourth-order valence-electron chi connectivity index (χ4n) is 1.68. The van der Waals surface area contributed by atoms with E-state index in [1.54, 1.807) is 6.07 Å². The lowest BCUT2D eigenvalue weighted by molar-refractivity contribution is 0.626. The van der Waals surface area contributed by atoms with Gasteiger partial charge in [0.15, 0.2) is 0 Å². The van der Waals surface area contributed by atoms with E-state index in [9.17, 15) is 4.39 Å². The number of rotatable bonds is 2. The first-order valence-corrected chi connectivity index (χ1v) is 6.44. The monoisotopic (exact) mass is 245 g/mol. The molecule has 2 rings (SSSR count). The van der Waals surface area contributed by atoms with Crippen molar-refractivity contribution in [2.24, 2.45) is 0 Å². The molecule has 1 unspecified atom stereocenters. The van der Waals surface area contributed by atoms with Crippen LogP contribution in [0.4, 0.5) is 4.39 Å². The Morgan fingerprint density at radius 2 is 2.40 bits per heavy atom. The van der Waals surface area contributed by atoms with Gasteiger partial charge < -0.3 is 5.32 Å². The third kappa shape index (κ3) is 3.10. The summed E-state index contributed by atoms with van der Waals surface area (Å²) in [6.45, 7) is 2.12. The van der Waals surface area contributed by atoms with E-state index in [4.69, 9.17) is 11.6 Å². The Bertz CT molecular complexity index is 339. The molecular weight excluding hydrogens is 233 g/mol. The summed E-state index contributed by atoms with van der Waals surface area (Å²) in [4.78, 5) is 0. The molecule has 1 fully saturated rings. The van der Waals surface area contributed by atoms with Crippen LogP contribution >= 0.6 is 23.4 Å². The molecule has 1 N–H and O–H groups in total. The number of hydrogen-bond donors (Lipinski definition) is 1. The quantitative estimate of drug-likeness (QED) is 0.860. The molecule has 1 saturated heterocycles. The van der Waals surface area contributed by atoms with Gasteiger partial charge in [-0.15, -0.1) is 0 Å². The minimum atomic E-state index is -0.338. The maximum Gasteiger partial charge on any atom is 0.141 e. The van der Waals surface area contributed by atoms with E-state index in [1.165, 1.54) is 6.07 Å². The van der Waals surface area contributed by atoms with E-state index in [1.807, 2.05) is 17.8 Å². The van der Waals surface area contributed by atoms with Crippen molar-refractivity contribution in [2.75, 3.05) is 18.8 Å². The molecule has 0 aliphatic carbocycles. The minimum Gasteiger partial charge on any atom is -0.315 e. The fraction of sp³-hybridized carbons (Fsp3) is 0.455. The van der Waals surface area contributed by atoms with Gasteiger partial charge in [0.25, 0.3) is 0 Å². The van der Waals surface area contributed by atoms with E-state index in [0.29, 0.717) is 5.25 Å². The molecule has 1 nitrogen and oxygen atoms in total. The second kappa shape index (κ2) is 5.19. The van der Waals surface area contributed by atoms with Crippen LogP contribution in [0.3, 0.4) is 0 Å². The van der Waals surface area contributed by atoms with Crippen molar-refractivity contribution in [3.05, 3.63) is 34.6 Å². The minimum absolute atomic E-state index is 0.223. The van der Waals surface area contributed by atoms with Gasteiger partial charge >= 0.3 is 0 Å². The van der Waals surface area contributed by atoms with Crippen LogP contribution in [0.25, 0.3) is 0 Å². The lowest BCUT2D eigenvalue weighted by Gasteiger charge is -2.22. The topological polar surface area (TPSA) is 12.0 Å². The highest BCUT2D eigenvalue weighted by Crippen LogP contribution is 2.21. The predicted molar refractivity (Wildman–Crippen MR) is 64.2 cm³/mol. The number of halogens is 2. The van der Waals surface area contributed by atoms with Gasteiger partial charge in [-0.25, -0.2) is 4.39 Å². The first-order valence-electron chi connectivity index (χ1n) is 5.02. The van der Waals surface area contributed by atoms with Crippen LogP contribution in [0.2, 0.25) is 5.02 Å². The van der Waals surface area contributed by atoms with Crippen LogP contribution in [-0.4, -0.2) is 24.1 Å². The lowest BCUT2D eigenvalue weighted by atomic mass is 10.1. The number of nitrogens with one attached hydrogen (secondary N) is 1. The van der Waals surface area contributed by atoms with Crippen molar-refractivity contribution in [2.45, 2.75) is 11.7 Å². The van der Waals surface area contributed by atoms with Gasteiger partial charge in [-0.1, -0.05) is 17.7 Å². The smallest absolute Gasteiger partial charge is 0.141 e. The van der Waals surface area contributed by atoms with Crippen molar-refractivity contribution in [3.8, 4) is 0 Å². The molecule has 0 amide bonds. The second-order valence-corrected chi connectivity index (χ2v) is 5.46. The third-order valence-corrected chi connectivity index (χ3v) is 3.99. The average Bonchev–Trinajstić information content (AvgIpc) is 2.25. The first kappa shape index (κ1) is 11.2. The molecule has 0 bridgehead atoms. The van der Waals surface area contributed by atoms with Crippen molar-refractivity contribution >= 4 is 23.4 Å². The summed E-state index contributed by atoms with van der Waals surface area (Å²) in [5.41, 5.74) is 1.11. The Labute approximate surface area is 98.4 Å². The van der Waals surface area contributed by atoms with Crippen LogP contribution in [-0.2, 0) is 6.42 Å². The Hall–Kier alpha value is -0.250. The molecule has 1 aromatic carbocycles. The summed E-state index contributed by atoms with van der Waals surface area (Å²) in [7, 11) is 0. The van der Waals surface area contributed by atoms with Crippen LogP contribution in [0.1, 0.15) is 5.56 Å². The Morgan fingerprint density at radius 1 is 1.53 bits per heavy atom. The summed E-state index contributed by atoms with van der Waals surface area (Å²) in [6.07, 6.45) is 0.956. The van der Waals surface area contributed by atoms with E-state index >= 15 is 0 Å². The molecular formula is C11H13ClFNS. The normalized spacial score (nSPS) is 21.6. The van der Waals surface area contributed by atoms with E-state index in [-0.39, 0.29) is 10.8 Å². The van der Waals surface area contributed by atoms with Crippen LogP contribution < -0.4 is 5.32 Å². The molecule has 82 valence electrons. The highest BCUT2D eigenvalue weighted by atomic mass is 35.5. The molecule has 0 spiro atoms. The summed E-state index contributed by atoms with van der Waals surface area (Å²) in [5, 5.41) is 4.16. The Kier molecular flexibility index (Phi) is 3.89. The van der Waals surface area contributed by atoms with E-state index in [2.05, 4.69) is 5.32 Å². The van der Waals surface area contributed by atoms with Crippen molar-refractivity contribution in [3.63, 3.8) is 0 Å². The van der Waals surface area contributed by atoms with Crippen molar-refractivity contribution < 1.29 is 4.39 Å². The molecule has 0 radical (unpaired) electrons. The second-order valence-electron chi connectivity index (χ2n) is 3.65. The van der Waals surface area contributed by atoms with Crippen molar-refractivity contribution in [1.82, 2.24) is 5.32 Å². The van der Waals surface area contributed by atoms with Crippen LogP contribution in [0.15, 0.2) is 18.2 Å². The standard InChI is InChI=1S/C11H13ClFNS/c12-10-6-8(1-2-11(10)13)5-9-7-14-3-4-15-9/h1-2,6,9,14H,3-5,7H2. The summed E-state index contributed by atoms with van der Waals surface area (Å²) in [5.74, 6) is 0.814. The zero-order valence-corrected chi connectivity index (χ0v) is 9.87. The number of thioether (sulfide) groups is 1. The molecule has 4 heteroatoms. The lowest BCUT2D eigenvalue weighted by Crippen LogP contribution is -2.33. The van der Waals surface area contributed by atoms with Gasteiger partial charge in [0.05, 0.1) is 5.02 Å². The molecule has 0 aromatic heterocycles. The fourth-order valence-corrected chi connectivity index (χ4v) is 3.02. The molecule has 1 aliphatic heterocycles. The van der Waals surface area contributed by atoms with Gasteiger partial charge in [-0.2, -0.15) is 11.8 Å². The van der Waals surface area contributed by atoms with E-state index in [0.717, 1.165) is 30.8 Å². The number of benzene rings is 1. The van der Waals surface area contributed by atoms with Gasteiger partial charge in [0.1, 0.15) is 5.82 Å². The SMILES string of the molecule is Fc1ccc(CC2CNCCS2)cc1Cl. The van der Waals surface area contributed by atoms with Crippen LogP contribution in [0, 0.1) is 5.82 Å². The zero-order valence-electron chi connectivity index (χ0n) is 8.30. The van der Waals surface area contributed by atoms with Crippen LogP contribution in [0.5, 0.6) is 0 Å².